The first kappa shape index (κ1) is 19.7. The fourth-order valence-electron chi connectivity index (χ4n) is 4.72. The van der Waals surface area contributed by atoms with Crippen molar-refractivity contribution >= 4 is 51.4 Å². The zero-order valence-electron chi connectivity index (χ0n) is 17.3. The average Bonchev–Trinajstić information content (AvgIpc) is 3.43. The summed E-state index contributed by atoms with van der Waals surface area (Å²) >= 11 is 12.4. The number of nitrogens with zero attached hydrogens (tertiary/aromatic N) is 3. The first-order chi connectivity index (χ1) is 15.7. The molecule has 8 heteroatoms. The number of rotatable bonds is 3. The monoisotopic (exact) mass is 464 g/mol. The molecule has 6 nitrogen and oxygen atoms in total. The SMILES string of the molecule is Clc1cc2c(cc1Cl)NC(c1cccnc1N1CCC(c3nc4ccccc4[nH]3)CC1)N2. The van der Waals surface area contributed by atoms with Crippen LogP contribution in [0.4, 0.5) is 17.2 Å². The van der Waals surface area contributed by atoms with Crippen LogP contribution in [0.15, 0.2) is 54.7 Å². The second-order valence-corrected chi connectivity index (χ2v) is 9.16. The first-order valence-corrected chi connectivity index (χ1v) is 11.6. The van der Waals surface area contributed by atoms with Gasteiger partial charge in [0.25, 0.3) is 0 Å². The highest BCUT2D eigenvalue weighted by Crippen LogP contribution is 2.42. The van der Waals surface area contributed by atoms with E-state index in [1.165, 1.54) is 0 Å². The maximum atomic E-state index is 6.20. The smallest absolute Gasteiger partial charge is 0.135 e. The first-order valence-electron chi connectivity index (χ1n) is 10.8. The molecule has 4 heterocycles. The molecule has 1 fully saturated rings. The topological polar surface area (TPSA) is 68.9 Å². The van der Waals surface area contributed by atoms with E-state index in [0.717, 1.165) is 65.5 Å². The molecule has 0 saturated carbocycles. The number of benzene rings is 2. The molecule has 4 aromatic rings. The minimum absolute atomic E-state index is 0.0867. The summed E-state index contributed by atoms with van der Waals surface area (Å²) in [5, 5.41) is 8.11. The van der Waals surface area contributed by atoms with E-state index in [1.807, 2.05) is 36.5 Å². The number of para-hydroxylation sites is 2. The van der Waals surface area contributed by atoms with Gasteiger partial charge in [-0.3, -0.25) is 0 Å². The molecule has 3 N–H and O–H groups in total. The molecule has 2 aliphatic rings. The van der Waals surface area contributed by atoms with Crippen LogP contribution >= 0.6 is 23.2 Å². The predicted molar refractivity (Wildman–Crippen MR) is 131 cm³/mol. The lowest BCUT2D eigenvalue weighted by molar-refractivity contribution is 0.486. The normalized spacial score (nSPS) is 16.8. The summed E-state index contributed by atoms with van der Waals surface area (Å²) in [6.07, 6.45) is 3.84. The highest BCUT2D eigenvalue weighted by atomic mass is 35.5. The van der Waals surface area contributed by atoms with Gasteiger partial charge in [0.1, 0.15) is 17.8 Å². The summed E-state index contributed by atoms with van der Waals surface area (Å²) in [5.74, 6) is 2.53. The molecule has 0 amide bonds. The molecule has 0 unspecified atom stereocenters. The van der Waals surface area contributed by atoms with Gasteiger partial charge in [-0.05, 0) is 49.2 Å². The van der Waals surface area contributed by atoms with Crippen LogP contribution in [0.2, 0.25) is 10.0 Å². The zero-order chi connectivity index (χ0) is 21.7. The molecule has 0 atom stereocenters. The Morgan fingerprint density at radius 3 is 2.34 bits per heavy atom. The van der Waals surface area contributed by atoms with Gasteiger partial charge >= 0.3 is 0 Å². The Morgan fingerprint density at radius 1 is 0.906 bits per heavy atom. The van der Waals surface area contributed by atoms with Gasteiger partial charge in [-0.25, -0.2) is 9.97 Å². The third-order valence-electron chi connectivity index (χ3n) is 6.38. The number of nitrogens with one attached hydrogen (secondary N) is 3. The molecular weight excluding hydrogens is 443 g/mol. The number of pyridine rings is 1. The van der Waals surface area contributed by atoms with E-state index in [2.05, 4.69) is 38.7 Å². The summed E-state index contributed by atoms with van der Waals surface area (Å²) in [6.45, 7) is 1.87. The van der Waals surface area contributed by atoms with Crippen molar-refractivity contribution < 1.29 is 0 Å². The summed E-state index contributed by atoms with van der Waals surface area (Å²) in [4.78, 5) is 15.5. The fourth-order valence-corrected chi connectivity index (χ4v) is 5.05. The zero-order valence-corrected chi connectivity index (χ0v) is 18.8. The number of aromatic nitrogens is 3. The van der Waals surface area contributed by atoms with E-state index in [4.69, 9.17) is 33.2 Å². The van der Waals surface area contributed by atoms with Crippen molar-refractivity contribution in [1.82, 2.24) is 15.0 Å². The third kappa shape index (κ3) is 3.44. The molecule has 32 heavy (non-hydrogen) atoms. The van der Waals surface area contributed by atoms with Gasteiger partial charge in [-0.2, -0.15) is 0 Å². The van der Waals surface area contributed by atoms with E-state index < -0.39 is 0 Å². The van der Waals surface area contributed by atoms with Crippen molar-refractivity contribution in [2.45, 2.75) is 24.9 Å². The lowest BCUT2D eigenvalue weighted by Crippen LogP contribution is -2.35. The van der Waals surface area contributed by atoms with Gasteiger partial charge in [-0.1, -0.05) is 35.3 Å². The van der Waals surface area contributed by atoms with Crippen molar-refractivity contribution in [3.63, 3.8) is 0 Å². The van der Waals surface area contributed by atoms with Gasteiger partial charge in [-0.15, -0.1) is 0 Å². The maximum Gasteiger partial charge on any atom is 0.135 e. The number of fused-ring (bicyclic) bond motifs is 2. The molecule has 2 aromatic carbocycles. The quantitative estimate of drug-likeness (QED) is 0.337. The molecule has 0 aliphatic carbocycles. The highest BCUT2D eigenvalue weighted by Gasteiger charge is 2.29. The largest absolute Gasteiger partial charge is 0.360 e. The van der Waals surface area contributed by atoms with Crippen LogP contribution in [-0.4, -0.2) is 28.0 Å². The molecule has 1 saturated heterocycles. The minimum atomic E-state index is -0.0867. The Kier molecular flexibility index (Phi) is 4.85. The molecule has 0 bridgehead atoms. The van der Waals surface area contributed by atoms with Crippen molar-refractivity contribution in [3.05, 3.63) is 76.2 Å². The Labute approximate surface area is 196 Å². The molecule has 0 radical (unpaired) electrons. The van der Waals surface area contributed by atoms with Crippen LogP contribution in [0.5, 0.6) is 0 Å². The number of hydrogen-bond acceptors (Lipinski definition) is 5. The molecule has 2 aromatic heterocycles. The number of aromatic amines is 1. The van der Waals surface area contributed by atoms with Gasteiger partial charge in [0, 0.05) is 30.8 Å². The average molecular weight is 465 g/mol. The minimum Gasteiger partial charge on any atom is -0.360 e. The summed E-state index contributed by atoms with van der Waals surface area (Å²) in [6, 6.07) is 16.0. The fraction of sp³-hybridized carbons (Fsp3) is 0.250. The Bertz CT molecular complexity index is 1230. The van der Waals surface area contributed by atoms with E-state index in [0.29, 0.717) is 16.0 Å². The Hall–Kier alpha value is -2.96. The highest BCUT2D eigenvalue weighted by molar-refractivity contribution is 6.42. The van der Waals surface area contributed by atoms with Crippen molar-refractivity contribution in [3.8, 4) is 0 Å². The Balaban J connectivity index is 1.20. The van der Waals surface area contributed by atoms with E-state index in [9.17, 15) is 0 Å². The van der Waals surface area contributed by atoms with Gasteiger partial charge in [0.2, 0.25) is 0 Å². The third-order valence-corrected chi connectivity index (χ3v) is 7.10. The summed E-state index contributed by atoms with van der Waals surface area (Å²) in [5.41, 5.74) is 5.15. The maximum absolute atomic E-state index is 6.20. The lowest BCUT2D eigenvalue weighted by atomic mass is 9.95. The molecule has 2 aliphatic heterocycles. The number of hydrogen-bond donors (Lipinski definition) is 3. The van der Waals surface area contributed by atoms with Crippen LogP contribution in [-0.2, 0) is 0 Å². The van der Waals surface area contributed by atoms with Crippen molar-refractivity contribution in [1.29, 1.82) is 0 Å². The van der Waals surface area contributed by atoms with E-state index in [1.54, 1.807) is 0 Å². The standard InChI is InChI=1S/C24H22Cl2N6/c25-16-12-20-21(13-17(16)26)31-23(30-20)15-4-3-9-27-24(15)32-10-7-14(8-11-32)22-28-18-5-1-2-6-19(18)29-22/h1-6,9,12-14,23,30-31H,7-8,10-11H2,(H,28,29). The van der Waals surface area contributed by atoms with Crippen LogP contribution < -0.4 is 15.5 Å². The van der Waals surface area contributed by atoms with Gasteiger partial charge < -0.3 is 20.5 Å². The van der Waals surface area contributed by atoms with E-state index >= 15 is 0 Å². The second kappa shape index (κ2) is 7.87. The van der Waals surface area contributed by atoms with Crippen LogP contribution in [0, 0.1) is 0 Å². The number of imidazole rings is 1. The lowest BCUT2D eigenvalue weighted by Gasteiger charge is -2.34. The molecule has 162 valence electrons. The summed E-state index contributed by atoms with van der Waals surface area (Å²) < 4.78 is 0. The van der Waals surface area contributed by atoms with Crippen LogP contribution in [0.25, 0.3) is 11.0 Å². The van der Waals surface area contributed by atoms with Gasteiger partial charge in [0.15, 0.2) is 0 Å². The number of anilines is 3. The van der Waals surface area contributed by atoms with Crippen molar-refractivity contribution in [2.24, 2.45) is 0 Å². The Morgan fingerprint density at radius 2 is 1.62 bits per heavy atom. The van der Waals surface area contributed by atoms with Gasteiger partial charge in [0.05, 0.1) is 32.5 Å². The van der Waals surface area contributed by atoms with E-state index in [-0.39, 0.29) is 6.17 Å². The molecule has 0 spiro atoms. The number of piperidine rings is 1. The number of halogens is 2. The molecular formula is C24H22Cl2N6. The summed E-state index contributed by atoms with van der Waals surface area (Å²) in [7, 11) is 0. The number of H-pyrrole nitrogens is 1. The molecule has 6 rings (SSSR count). The van der Waals surface area contributed by atoms with Crippen LogP contribution in [0.1, 0.15) is 36.3 Å². The second-order valence-electron chi connectivity index (χ2n) is 8.35. The van der Waals surface area contributed by atoms with Crippen LogP contribution in [0.3, 0.4) is 0 Å². The predicted octanol–water partition coefficient (Wildman–Crippen LogP) is 6.18. The van der Waals surface area contributed by atoms with Crippen molar-refractivity contribution in [2.75, 3.05) is 28.6 Å².